The van der Waals surface area contributed by atoms with E-state index in [9.17, 15) is 0 Å². The Balaban J connectivity index is 2.31. The molecule has 18 heavy (non-hydrogen) atoms. The van der Waals surface area contributed by atoms with Crippen LogP contribution in [-0.4, -0.2) is 6.26 Å². The summed E-state index contributed by atoms with van der Waals surface area (Å²) in [5.74, 6) is 2.97. The number of hydrogen-bond donors (Lipinski definition) is 0. The molecule has 2 aromatic carbocycles. The zero-order chi connectivity index (χ0) is 12.5. The van der Waals surface area contributed by atoms with Crippen LogP contribution in [0.4, 0.5) is 0 Å². The van der Waals surface area contributed by atoms with E-state index in [1.807, 2.05) is 18.7 Å². The van der Waals surface area contributed by atoms with Gasteiger partial charge in [0.05, 0.1) is 0 Å². The van der Waals surface area contributed by atoms with Gasteiger partial charge in [0.25, 0.3) is 0 Å². The predicted molar refractivity (Wildman–Crippen MR) is 85.3 cm³/mol. The molecular weight excluding hydrogens is 256 g/mol. The number of rotatable bonds is 2. The van der Waals surface area contributed by atoms with E-state index in [-0.39, 0.29) is 0 Å². The van der Waals surface area contributed by atoms with Crippen molar-refractivity contribution < 1.29 is 0 Å². The van der Waals surface area contributed by atoms with Crippen LogP contribution in [0.2, 0.25) is 0 Å². The maximum absolute atomic E-state index is 3.13. The first-order valence-electron chi connectivity index (χ1n) is 5.76. The van der Waals surface area contributed by atoms with Crippen molar-refractivity contribution in [3.8, 4) is 11.2 Å². The molecule has 0 saturated heterocycles. The molecule has 0 atom stereocenters. The van der Waals surface area contributed by atoms with Crippen molar-refractivity contribution in [1.29, 1.82) is 0 Å². The molecule has 0 saturated carbocycles. The summed E-state index contributed by atoms with van der Waals surface area (Å²) in [6.45, 7) is 1.88. The molecule has 0 N–H and O–H groups in total. The predicted octanol–water partition coefficient (Wildman–Crippen LogP) is 5.06. The molecule has 2 heteroatoms. The van der Waals surface area contributed by atoms with Gasteiger partial charge in [0.15, 0.2) is 0 Å². The van der Waals surface area contributed by atoms with Crippen LogP contribution in [-0.2, 0) is 0 Å². The van der Waals surface area contributed by atoms with Gasteiger partial charge in [0, 0.05) is 9.81 Å². The normalized spacial score (nSPS) is 12.8. The first-order chi connectivity index (χ1) is 8.86. The van der Waals surface area contributed by atoms with E-state index in [0.29, 0.717) is 0 Å². The van der Waals surface area contributed by atoms with E-state index in [2.05, 4.69) is 53.8 Å². The van der Waals surface area contributed by atoms with Gasteiger partial charge >= 0.3 is 0 Å². The molecule has 0 fully saturated rings. The quantitative estimate of drug-likeness (QED) is 0.699. The van der Waals surface area contributed by atoms with Gasteiger partial charge in [-0.15, -0.1) is 11.8 Å². The van der Waals surface area contributed by atoms with Crippen LogP contribution < -0.4 is 0 Å². The maximum Gasteiger partial charge on any atom is 0.0424 e. The topological polar surface area (TPSA) is 0 Å². The van der Waals surface area contributed by atoms with E-state index in [4.69, 9.17) is 0 Å². The standard InChI is InChI=1S/C16H12S2/c1-3-10-18-16-13-9-5-7-11-6-4-8-12(14(11)13)15(16)17-2/h4-9H,1-2H3. The van der Waals surface area contributed by atoms with Gasteiger partial charge in [-0.25, -0.2) is 0 Å². The number of thioether (sulfide) groups is 2. The summed E-state index contributed by atoms with van der Waals surface area (Å²) in [5.41, 5.74) is 2.69. The first kappa shape index (κ1) is 11.8. The van der Waals surface area contributed by atoms with Crippen molar-refractivity contribution in [2.45, 2.75) is 6.92 Å². The van der Waals surface area contributed by atoms with Crippen LogP contribution in [0, 0.1) is 11.2 Å². The summed E-state index contributed by atoms with van der Waals surface area (Å²) < 4.78 is 0. The molecular formula is C16H12S2. The summed E-state index contributed by atoms with van der Waals surface area (Å²) in [7, 11) is 0. The molecule has 0 aliphatic heterocycles. The molecule has 0 spiro atoms. The van der Waals surface area contributed by atoms with Crippen molar-refractivity contribution in [1.82, 2.24) is 0 Å². The minimum Gasteiger partial charge on any atom is -0.128 e. The fourth-order valence-electron chi connectivity index (χ4n) is 2.37. The third kappa shape index (κ3) is 1.67. The summed E-state index contributed by atoms with van der Waals surface area (Å²) in [4.78, 5) is 2.67. The highest BCUT2D eigenvalue weighted by molar-refractivity contribution is 8.16. The van der Waals surface area contributed by atoms with E-state index >= 15 is 0 Å². The Bertz CT molecular complexity index is 709. The van der Waals surface area contributed by atoms with Gasteiger partial charge in [-0.1, -0.05) is 42.3 Å². The van der Waals surface area contributed by atoms with Crippen molar-refractivity contribution in [3.05, 3.63) is 47.5 Å². The molecule has 1 aliphatic rings. The molecule has 0 amide bonds. The average Bonchev–Trinajstić information content (AvgIpc) is 2.72. The molecule has 0 radical (unpaired) electrons. The second kappa shape index (κ2) is 4.76. The second-order valence-electron chi connectivity index (χ2n) is 4.03. The van der Waals surface area contributed by atoms with Crippen molar-refractivity contribution in [2.24, 2.45) is 0 Å². The van der Waals surface area contributed by atoms with Gasteiger partial charge < -0.3 is 0 Å². The highest BCUT2D eigenvalue weighted by atomic mass is 32.2. The lowest BCUT2D eigenvalue weighted by atomic mass is 10.0. The SMILES string of the molecule is CC#CSC1=C(SC)c2cccc3cccc1c23. The largest absolute Gasteiger partial charge is 0.128 e. The molecule has 1 aliphatic carbocycles. The Morgan fingerprint density at radius 1 is 0.944 bits per heavy atom. The monoisotopic (exact) mass is 268 g/mol. The lowest BCUT2D eigenvalue weighted by Crippen LogP contribution is -1.78. The van der Waals surface area contributed by atoms with Crippen molar-refractivity contribution >= 4 is 44.1 Å². The summed E-state index contributed by atoms with van der Waals surface area (Å²) in [5, 5.41) is 5.82. The van der Waals surface area contributed by atoms with E-state index in [1.54, 1.807) is 11.8 Å². The fourth-order valence-corrected chi connectivity index (χ4v) is 4.12. The van der Waals surface area contributed by atoms with Crippen molar-refractivity contribution in [3.63, 3.8) is 0 Å². The van der Waals surface area contributed by atoms with E-state index < -0.39 is 0 Å². The lowest BCUT2D eigenvalue weighted by Gasteiger charge is -2.02. The highest BCUT2D eigenvalue weighted by Crippen LogP contribution is 2.50. The van der Waals surface area contributed by atoms with Crippen LogP contribution >= 0.6 is 23.5 Å². The molecule has 3 rings (SSSR count). The molecule has 0 aromatic heterocycles. The molecule has 2 aromatic rings. The second-order valence-corrected chi connectivity index (χ2v) is 5.66. The maximum atomic E-state index is 3.13. The average molecular weight is 268 g/mol. The summed E-state index contributed by atoms with van der Waals surface area (Å²) in [6.07, 6.45) is 2.14. The summed E-state index contributed by atoms with van der Waals surface area (Å²) >= 11 is 3.46. The smallest absolute Gasteiger partial charge is 0.0424 e. The van der Waals surface area contributed by atoms with Gasteiger partial charge in [0.2, 0.25) is 0 Å². The Morgan fingerprint density at radius 2 is 1.61 bits per heavy atom. The molecule has 88 valence electrons. The van der Waals surface area contributed by atoms with Gasteiger partial charge in [-0.3, -0.25) is 0 Å². The third-order valence-electron chi connectivity index (χ3n) is 3.06. The fraction of sp³-hybridized carbons (Fsp3) is 0.125. The number of hydrogen-bond acceptors (Lipinski definition) is 2. The lowest BCUT2D eigenvalue weighted by molar-refractivity contribution is 1.71. The van der Waals surface area contributed by atoms with Crippen LogP contribution in [0.25, 0.3) is 20.6 Å². The Labute approximate surface area is 116 Å². The summed E-state index contributed by atoms with van der Waals surface area (Å²) in [6, 6.07) is 13.0. The Kier molecular flexibility index (Phi) is 3.11. The number of benzene rings is 2. The van der Waals surface area contributed by atoms with Crippen molar-refractivity contribution in [2.75, 3.05) is 6.26 Å². The molecule has 0 heterocycles. The van der Waals surface area contributed by atoms with Gasteiger partial charge in [0.1, 0.15) is 0 Å². The third-order valence-corrected chi connectivity index (χ3v) is 4.96. The molecule has 0 bridgehead atoms. The van der Waals surface area contributed by atoms with Crippen LogP contribution in [0.1, 0.15) is 18.1 Å². The van der Waals surface area contributed by atoms with Gasteiger partial charge in [-0.05, 0) is 52.1 Å². The minimum absolute atomic E-state index is 1.31. The van der Waals surface area contributed by atoms with E-state index in [0.717, 1.165) is 0 Å². The van der Waals surface area contributed by atoms with Crippen LogP contribution in [0.15, 0.2) is 36.4 Å². The highest BCUT2D eigenvalue weighted by Gasteiger charge is 2.23. The van der Waals surface area contributed by atoms with E-state index in [1.165, 1.54) is 31.7 Å². The van der Waals surface area contributed by atoms with Gasteiger partial charge in [-0.2, -0.15) is 0 Å². The minimum atomic E-state index is 1.31. The van der Waals surface area contributed by atoms with Crippen LogP contribution in [0.3, 0.4) is 0 Å². The van der Waals surface area contributed by atoms with Crippen LogP contribution in [0.5, 0.6) is 0 Å². The Morgan fingerprint density at radius 3 is 2.22 bits per heavy atom. The Hall–Kier alpha value is -1.30. The molecule has 0 unspecified atom stereocenters. The zero-order valence-electron chi connectivity index (χ0n) is 10.3. The molecule has 0 nitrogen and oxygen atoms in total. The zero-order valence-corrected chi connectivity index (χ0v) is 11.9. The first-order valence-corrected chi connectivity index (χ1v) is 7.80.